The van der Waals surface area contributed by atoms with Gasteiger partial charge in [0.1, 0.15) is 11.7 Å². The molecule has 1 saturated heterocycles. The molecular weight excluding hydrogens is 294 g/mol. The topological polar surface area (TPSA) is 91.0 Å². The van der Waals surface area contributed by atoms with Gasteiger partial charge >= 0.3 is 0 Å². The first-order valence-electron chi connectivity index (χ1n) is 7.74. The van der Waals surface area contributed by atoms with Crippen molar-refractivity contribution < 1.29 is 9.59 Å². The minimum atomic E-state index is -0.427. The Kier molecular flexibility index (Phi) is 4.65. The van der Waals surface area contributed by atoms with Crippen LogP contribution in [-0.4, -0.2) is 44.7 Å². The lowest BCUT2D eigenvalue weighted by molar-refractivity contribution is -0.126. The number of likely N-dealkylation sites (tertiary alicyclic amines) is 1. The minimum Gasteiger partial charge on any atom is -0.349 e. The van der Waals surface area contributed by atoms with Crippen molar-refractivity contribution in [2.24, 2.45) is 0 Å². The molecule has 1 atom stereocenters. The average molecular weight is 313 g/mol. The van der Waals surface area contributed by atoms with Crippen LogP contribution in [0, 0.1) is 0 Å². The maximum atomic E-state index is 12.7. The third kappa shape index (κ3) is 3.56. The van der Waals surface area contributed by atoms with E-state index in [1.807, 2.05) is 18.2 Å². The molecule has 0 bridgehead atoms. The van der Waals surface area contributed by atoms with Crippen LogP contribution in [0.4, 0.5) is 0 Å². The molecule has 0 saturated carbocycles. The Bertz CT molecular complexity index is 656. The Morgan fingerprint density at radius 2 is 2.09 bits per heavy atom. The summed E-state index contributed by atoms with van der Waals surface area (Å²) >= 11 is 0. The second kappa shape index (κ2) is 7.04. The first-order valence-corrected chi connectivity index (χ1v) is 7.74. The normalized spacial score (nSPS) is 17.7. The fourth-order valence-corrected chi connectivity index (χ4v) is 2.80. The summed E-state index contributed by atoms with van der Waals surface area (Å²) in [4.78, 5) is 26.8. The van der Waals surface area contributed by atoms with Gasteiger partial charge in [-0.15, -0.1) is 0 Å². The Morgan fingerprint density at radius 3 is 2.83 bits per heavy atom. The van der Waals surface area contributed by atoms with Gasteiger partial charge in [0.15, 0.2) is 0 Å². The summed E-state index contributed by atoms with van der Waals surface area (Å²) in [7, 11) is 0. The van der Waals surface area contributed by atoms with Crippen LogP contribution in [0.25, 0.3) is 0 Å². The van der Waals surface area contributed by atoms with E-state index in [1.54, 1.807) is 23.2 Å². The van der Waals surface area contributed by atoms with Crippen LogP contribution in [0.2, 0.25) is 0 Å². The Balaban J connectivity index is 1.68. The van der Waals surface area contributed by atoms with Crippen LogP contribution in [-0.2, 0) is 11.3 Å². The quantitative estimate of drug-likeness (QED) is 0.885. The number of hydrogen-bond donors (Lipinski definition) is 2. The summed E-state index contributed by atoms with van der Waals surface area (Å²) in [6, 6.07) is 8.66. The Hall–Kier alpha value is -2.70. The molecule has 1 fully saturated rings. The van der Waals surface area contributed by atoms with Crippen LogP contribution in [0.5, 0.6) is 0 Å². The highest BCUT2D eigenvalue weighted by Gasteiger charge is 2.32. The second-order valence-corrected chi connectivity index (χ2v) is 5.56. The summed E-state index contributed by atoms with van der Waals surface area (Å²) in [6.07, 6.45) is 4.11. The van der Waals surface area contributed by atoms with Gasteiger partial charge in [0.25, 0.3) is 5.91 Å². The van der Waals surface area contributed by atoms with Crippen molar-refractivity contribution in [1.29, 1.82) is 0 Å². The number of piperidine rings is 1. The van der Waals surface area contributed by atoms with Gasteiger partial charge in [0, 0.05) is 12.1 Å². The minimum absolute atomic E-state index is 0.0908. The fraction of sp³-hybridized carbons (Fsp3) is 0.375. The first-order chi connectivity index (χ1) is 11.3. The molecule has 2 N–H and O–H groups in total. The zero-order valence-electron chi connectivity index (χ0n) is 12.7. The molecule has 2 amide bonds. The lowest BCUT2D eigenvalue weighted by atomic mass is 10.00. The molecule has 120 valence electrons. The van der Waals surface area contributed by atoms with Crippen molar-refractivity contribution >= 4 is 11.8 Å². The lowest BCUT2D eigenvalue weighted by Crippen LogP contribution is -2.51. The number of hydrogen-bond acceptors (Lipinski definition) is 4. The molecule has 0 radical (unpaired) electrons. The number of amides is 2. The highest BCUT2D eigenvalue weighted by molar-refractivity contribution is 5.97. The van der Waals surface area contributed by atoms with E-state index in [0.29, 0.717) is 30.8 Å². The maximum Gasteiger partial charge on any atom is 0.254 e. The maximum absolute atomic E-state index is 12.7. The van der Waals surface area contributed by atoms with Crippen LogP contribution < -0.4 is 5.32 Å². The van der Waals surface area contributed by atoms with Gasteiger partial charge < -0.3 is 10.2 Å². The highest BCUT2D eigenvalue weighted by Crippen LogP contribution is 2.20. The number of aromatic amines is 1. The third-order valence-corrected chi connectivity index (χ3v) is 4.00. The third-order valence-electron chi connectivity index (χ3n) is 4.00. The molecule has 0 aliphatic carbocycles. The summed E-state index contributed by atoms with van der Waals surface area (Å²) in [5, 5.41) is 12.9. The smallest absolute Gasteiger partial charge is 0.254 e. The van der Waals surface area contributed by atoms with Gasteiger partial charge in [-0.1, -0.05) is 18.2 Å². The number of H-pyrrole nitrogens is 1. The molecule has 3 rings (SSSR count). The molecule has 1 aliphatic heterocycles. The van der Waals surface area contributed by atoms with E-state index < -0.39 is 6.04 Å². The average Bonchev–Trinajstić information content (AvgIpc) is 3.13. The van der Waals surface area contributed by atoms with E-state index in [-0.39, 0.29) is 11.8 Å². The largest absolute Gasteiger partial charge is 0.349 e. The van der Waals surface area contributed by atoms with E-state index >= 15 is 0 Å². The van der Waals surface area contributed by atoms with Crippen LogP contribution >= 0.6 is 0 Å². The number of aromatic nitrogens is 3. The van der Waals surface area contributed by atoms with Crippen molar-refractivity contribution in [1.82, 2.24) is 25.6 Å². The van der Waals surface area contributed by atoms with E-state index in [1.165, 1.54) is 0 Å². The summed E-state index contributed by atoms with van der Waals surface area (Å²) in [5.41, 5.74) is 1.28. The van der Waals surface area contributed by atoms with Crippen LogP contribution in [0.1, 0.15) is 35.3 Å². The zero-order valence-corrected chi connectivity index (χ0v) is 12.7. The lowest BCUT2D eigenvalue weighted by Gasteiger charge is -2.34. The van der Waals surface area contributed by atoms with Crippen molar-refractivity contribution in [2.75, 3.05) is 6.54 Å². The molecule has 1 aromatic carbocycles. The molecule has 1 aromatic heterocycles. The van der Waals surface area contributed by atoms with Gasteiger partial charge in [-0.2, -0.15) is 15.4 Å². The first kappa shape index (κ1) is 15.2. The van der Waals surface area contributed by atoms with Crippen molar-refractivity contribution in [3.63, 3.8) is 0 Å². The van der Waals surface area contributed by atoms with Crippen LogP contribution in [0.15, 0.2) is 36.5 Å². The molecule has 7 nitrogen and oxygen atoms in total. The number of nitrogens with zero attached hydrogens (tertiary/aromatic N) is 3. The summed E-state index contributed by atoms with van der Waals surface area (Å²) in [5.74, 6) is -0.233. The summed E-state index contributed by atoms with van der Waals surface area (Å²) < 4.78 is 0. The SMILES string of the molecule is O=C(NCc1cn[nH]n1)[C@@H]1CCCCN1C(=O)c1ccccc1. The van der Waals surface area contributed by atoms with Gasteiger partial charge in [-0.3, -0.25) is 9.59 Å². The van der Waals surface area contributed by atoms with Gasteiger partial charge in [0.05, 0.1) is 12.7 Å². The Labute approximate surface area is 134 Å². The second-order valence-electron chi connectivity index (χ2n) is 5.56. The number of carbonyl (C=O) groups is 2. The van der Waals surface area contributed by atoms with Crippen molar-refractivity contribution in [3.05, 3.63) is 47.8 Å². The summed E-state index contributed by atoms with van der Waals surface area (Å²) in [6.45, 7) is 0.912. The predicted octanol–water partition coefficient (Wildman–Crippen LogP) is 1.12. The van der Waals surface area contributed by atoms with E-state index in [0.717, 1.165) is 12.8 Å². The molecule has 7 heteroatoms. The molecule has 0 spiro atoms. The van der Waals surface area contributed by atoms with Crippen molar-refractivity contribution in [3.8, 4) is 0 Å². The Morgan fingerprint density at radius 1 is 1.26 bits per heavy atom. The highest BCUT2D eigenvalue weighted by atomic mass is 16.2. The predicted molar refractivity (Wildman–Crippen MR) is 83.3 cm³/mol. The molecule has 23 heavy (non-hydrogen) atoms. The fourth-order valence-electron chi connectivity index (χ4n) is 2.80. The van der Waals surface area contributed by atoms with E-state index in [2.05, 4.69) is 20.7 Å². The van der Waals surface area contributed by atoms with Gasteiger partial charge in [0.2, 0.25) is 5.91 Å². The number of rotatable bonds is 4. The van der Waals surface area contributed by atoms with Crippen LogP contribution in [0.3, 0.4) is 0 Å². The van der Waals surface area contributed by atoms with Gasteiger partial charge in [-0.05, 0) is 31.4 Å². The monoisotopic (exact) mass is 313 g/mol. The molecule has 0 unspecified atom stereocenters. The molecule has 2 heterocycles. The van der Waals surface area contributed by atoms with E-state index in [9.17, 15) is 9.59 Å². The molecular formula is C16H19N5O2. The standard InChI is InChI=1S/C16H19N5O2/c22-15(17-10-13-11-18-20-19-13)14-8-4-5-9-21(14)16(23)12-6-2-1-3-7-12/h1-3,6-7,11,14H,4-5,8-10H2,(H,17,22)(H,18,19,20)/t14-/m0/s1. The van der Waals surface area contributed by atoms with Crippen molar-refractivity contribution in [2.45, 2.75) is 31.8 Å². The number of nitrogens with one attached hydrogen (secondary N) is 2. The zero-order chi connectivity index (χ0) is 16.1. The number of carbonyl (C=O) groups excluding carboxylic acids is 2. The van der Waals surface area contributed by atoms with E-state index in [4.69, 9.17) is 0 Å². The number of benzene rings is 1. The molecule has 2 aromatic rings. The van der Waals surface area contributed by atoms with Gasteiger partial charge in [-0.25, -0.2) is 0 Å². The molecule has 1 aliphatic rings.